The molecule has 1 N–H and O–H groups in total. The van der Waals surface area contributed by atoms with Gasteiger partial charge in [-0.05, 0) is 30.5 Å². The van der Waals surface area contributed by atoms with Gasteiger partial charge in [-0.1, -0.05) is 24.3 Å². The Balaban J connectivity index is 2.76. The van der Waals surface area contributed by atoms with Crippen LogP contribution in [0.3, 0.4) is 0 Å². The lowest BCUT2D eigenvalue weighted by atomic mass is 10.0. The van der Waals surface area contributed by atoms with E-state index in [2.05, 4.69) is 43.5 Å². The first kappa shape index (κ1) is 12.9. The van der Waals surface area contributed by atoms with Crippen molar-refractivity contribution in [1.82, 2.24) is 4.90 Å². The molecule has 1 rings (SSSR count). The second-order valence-electron chi connectivity index (χ2n) is 4.11. The first-order chi connectivity index (χ1) is 7.69. The van der Waals surface area contributed by atoms with Crippen molar-refractivity contribution in [2.45, 2.75) is 20.4 Å². The number of nitrogens with zero attached hydrogens (tertiary/aromatic N) is 1. The van der Waals surface area contributed by atoms with Crippen molar-refractivity contribution in [3.63, 3.8) is 0 Å². The molecule has 0 aliphatic heterocycles. The first-order valence-electron chi connectivity index (χ1n) is 5.68. The summed E-state index contributed by atoms with van der Waals surface area (Å²) in [5.74, 6) is 0. The highest BCUT2D eigenvalue weighted by Crippen LogP contribution is 2.14. The Hall–Kier alpha value is -1.12. The quantitative estimate of drug-likeness (QED) is 0.742. The molecule has 0 heterocycles. The average Bonchev–Trinajstić information content (AvgIpc) is 2.25. The highest BCUT2D eigenvalue weighted by molar-refractivity contribution is 5.33. The second-order valence-corrected chi connectivity index (χ2v) is 4.11. The molecule has 16 heavy (non-hydrogen) atoms. The van der Waals surface area contributed by atoms with Gasteiger partial charge in [0, 0.05) is 19.6 Å². The van der Waals surface area contributed by atoms with Crippen LogP contribution in [-0.4, -0.2) is 29.7 Å². The Morgan fingerprint density at radius 3 is 2.75 bits per heavy atom. The molecular formula is C14H21NO. The Kier molecular flexibility index (Phi) is 5.23. The topological polar surface area (TPSA) is 23.5 Å². The van der Waals surface area contributed by atoms with Gasteiger partial charge in [0.1, 0.15) is 0 Å². The Morgan fingerprint density at radius 1 is 1.38 bits per heavy atom. The number of aliphatic hydroxyl groups excluding tert-OH is 1. The van der Waals surface area contributed by atoms with Gasteiger partial charge in [-0.25, -0.2) is 0 Å². The van der Waals surface area contributed by atoms with Crippen LogP contribution < -0.4 is 0 Å². The van der Waals surface area contributed by atoms with E-state index in [-0.39, 0.29) is 6.61 Å². The van der Waals surface area contributed by atoms with E-state index >= 15 is 0 Å². The van der Waals surface area contributed by atoms with Crippen LogP contribution in [0, 0.1) is 13.8 Å². The molecule has 0 amide bonds. The molecule has 2 nitrogen and oxygen atoms in total. The monoisotopic (exact) mass is 219 g/mol. The van der Waals surface area contributed by atoms with E-state index in [1.807, 2.05) is 6.08 Å². The van der Waals surface area contributed by atoms with Crippen LogP contribution in [-0.2, 0) is 6.54 Å². The smallest absolute Gasteiger partial charge is 0.0558 e. The molecule has 0 saturated heterocycles. The molecule has 0 aliphatic rings. The van der Waals surface area contributed by atoms with Gasteiger partial charge in [-0.2, -0.15) is 0 Å². The summed E-state index contributed by atoms with van der Waals surface area (Å²) in [5.41, 5.74) is 3.99. The van der Waals surface area contributed by atoms with E-state index in [1.54, 1.807) is 0 Å². The zero-order chi connectivity index (χ0) is 12.0. The molecular weight excluding hydrogens is 198 g/mol. The Labute approximate surface area is 98.2 Å². The molecule has 0 aromatic heterocycles. The SMILES string of the molecule is C=CCN(CCO)Cc1cccc(C)c1C. The van der Waals surface area contributed by atoms with E-state index < -0.39 is 0 Å². The van der Waals surface area contributed by atoms with Gasteiger partial charge in [-0.3, -0.25) is 4.90 Å². The zero-order valence-electron chi connectivity index (χ0n) is 10.2. The summed E-state index contributed by atoms with van der Waals surface area (Å²) < 4.78 is 0. The third-order valence-corrected chi connectivity index (χ3v) is 2.91. The molecule has 0 aliphatic carbocycles. The number of aliphatic hydroxyl groups is 1. The van der Waals surface area contributed by atoms with Crippen molar-refractivity contribution < 1.29 is 5.11 Å². The van der Waals surface area contributed by atoms with Crippen molar-refractivity contribution >= 4 is 0 Å². The maximum Gasteiger partial charge on any atom is 0.0558 e. The highest BCUT2D eigenvalue weighted by Gasteiger charge is 2.06. The highest BCUT2D eigenvalue weighted by atomic mass is 16.3. The summed E-state index contributed by atoms with van der Waals surface area (Å²) in [5, 5.41) is 8.99. The normalized spacial score (nSPS) is 10.8. The molecule has 0 radical (unpaired) electrons. The molecule has 1 aromatic rings. The summed E-state index contributed by atoms with van der Waals surface area (Å²) in [6, 6.07) is 6.36. The van der Waals surface area contributed by atoms with Crippen molar-refractivity contribution in [1.29, 1.82) is 0 Å². The number of aryl methyl sites for hydroxylation is 1. The fourth-order valence-electron chi connectivity index (χ4n) is 1.78. The summed E-state index contributed by atoms with van der Waals surface area (Å²) in [6.45, 7) is 10.6. The molecule has 0 spiro atoms. The molecule has 0 unspecified atom stereocenters. The Bertz CT molecular complexity index is 347. The lowest BCUT2D eigenvalue weighted by Crippen LogP contribution is -2.27. The number of benzene rings is 1. The minimum atomic E-state index is 0.193. The lowest BCUT2D eigenvalue weighted by Gasteiger charge is -2.21. The maximum absolute atomic E-state index is 8.99. The fraction of sp³-hybridized carbons (Fsp3) is 0.429. The molecule has 0 atom stereocenters. The maximum atomic E-state index is 8.99. The summed E-state index contributed by atoms with van der Waals surface area (Å²) >= 11 is 0. The zero-order valence-corrected chi connectivity index (χ0v) is 10.2. The fourth-order valence-corrected chi connectivity index (χ4v) is 1.78. The first-order valence-corrected chi connectivity index (χ1v) is 5.68. The standard InChI is InChI=1S/C14H21NO/c1-4-8-15(9-10-16)11-14-7-5-6-12(2)13(14)3/h4-7,16H,1,8-11H2,2-3H3. The molecule has 0 bridgehead atoms. The van der Waals surface area contributed by atoms with E-state index in [9.17, 15) is 0 Å². The van der Waals surface area contributed by atoms with E-state index in [0.29, 0.717) is 6.54 Å². The van der Waals surface area contributed by atoms with E-state index in [4.69, 9.17) is 5.11 Å². The van der Waals surface area contributed by atoms with Crippen LogP contribution in [0.15, 0.2) is 30.9 Å². The summed E-state index contributed by atoms with van der Waals surface area (Å²) in [4.78, 5) is 2.19. The number of rotatable bonds is 6. The third-order valence-electron chi connectivity index (χ3n) is 2.91. The van der Waals surface area contributed by atoms with Gasteiger partial charge in [-0.15, -0.1) is 6.58 Å². The summed E-state index contributed by atoms with van der Waals surface area (Å²) in [7, 11) is 0. The van der Waals surface area contributed by atoms with Crippen LogP contribution in [0.1, 0.15) is 16.7 Å². The van der Waals surface area contributed by atoms with Gasteiger partial charge in [0.25, 0.3) is 0 Å². The summed E-state index contributed by atoms with van der Waals surface area (Å²) in [6.07, 6.45) is 1.88. The number of hydrogen-bond donors (Lipinski definition) is 1. The van der Waals surface area contributed by atoms with Crippen LogP contribution >= 0.6 is 0 Å². The molecule has 1 aromatic carbocycles. The second kappa shape index (κ2) is 6.46. The third kappa shape index (κ3) is 3.47. The number of hydrogen-bond acceptors (Lipinski definition) is 2. The Morgan fingerprint density at radius 2 is 2.12 bits per heavy atom. The molecule has 2 heteroatoms. The van der Waals surface area contributed by atoms with Gasteiger partial charge >= 0.3 is 0 Å². The van der Waals surface area contributed by atoms with Crippen LogP contribution in [0.2, 0.25) is 0 Å². The average molecular weight is 219 g/mol. The van der Waals surface area contributed by atoms with E-state index in [0.717, 1.165) is 13.1 Å². The van der Waals surface area contributed by atoms with Crippen LogP contribution in [0.4, 0.5) is 0 Å². The minimum absolute atomic E-state index is 0.193. The van der Waals surface area contributed by atoms with Crippen molar-refractivity contribution in [3.8, 4) is 0 Å². The van der Waals surface area contributed by atoms with E-state index in [1.165, 1.54) is 16.7 Å². The van der Waals surface area contributed by atoms with Crippen molar-refractivity contribution in [3.05, 3.63) is 47.5 Å². The van der Waals surface area contributed by atoms with Crippen LogP contribution in [0.25, 0.3) is 0 Å². The van der Waals surface area contributed by atoms with Crippen LogP contribution in [0.5, 0.6) is 0 Å². The van der Waals surface area contributed by atoms with Crippen molar-refractivity contribution in [2.75, 3.05) is 19.7 Å². The molecule has 0 fully saturated rings. The van der Waals surface area contributed by atoms with Crippen molar-refractivity contribution in [2.24, 2.45) is 0 Å². The van der Waals surface area contributed by atoms with Gasteiger partial charge in [0.15, 0.2) is 0 Å². The predicted molar refractivity (Wildman–Crippen MR) is 68.5 cm³/mol. The largest absolute Gasteiger partial charge is 0.395 e. The predicted octanol–water partition coefficient (Wildman–Crippen LogP) is 2.28. The van der Waals surface area contributed by atoms with Gasteiger partial charge < -0.3 is 5.11 Å². The lowest BCUT2D eigenvalue weighted by molar-refractivity contribution is 0.203. The minimum Gasteiger partial charge on any atom is -0.395 e. The molecule has 88 valence electrons. The van der Waals surface area contributed by atoms with Gasteiger partial charge in [0.05, 0.1) is 6.61 Å². The molecule has 0 saturated carbocycles. The van der Waals surface area contributed by atoms with Gasteiger partial charge in [0.2, 0.25) is 0 Å².